The van der Waals surface area contributed by atoms with E-state index >= 15 is 0 Å². The maximum atomic E-state index is 14.8. The van der Waals surface area contributed by atoms with E-state index in [4.69, 9.17) is 8.83 Å². The Hall–Kier alpha value is -2.08. The van der Waals surface area contributed by atoms with Gasteiger partial charge in [0.2, 0.25) is 0 Å². The maximum absolute atomic E-state index is 14.8. The lowest BCUT2D eigenvalue weighted by Gasteiger charge is -2.42. The van der Waals surface area contributed by atoms with E-state index in [0.717, 1.165) is 18.1 Å². The first-order valence-corrected chi connectivity index (χ1v) is 8.80. The van der Waals surface area contributed by atoms with Crippen molar-refractivity contribution in [1.29, 1.82) is 0 Å². The predicted octanol–water partition coefficient (Wildman–Crippen LogP) is 3.26. The van der Waals surface area contributed by atoms with Gasteiger partial charge in [0, 0.05) is 31.6 Å². The summed E-state index contributed by atoms with van der Waals surface area (Å²) in [6.07, 6.45) is 1.80. The van der Waals surface area contributed by atoms with E-state index in [1.807, 2.05) is 19.1 Å². The number of carbonyl (C=O) groups is 1. The molecule has 2 aromatic rings. The van der Waals surface area contributed by atoms with Crippen LogP contribution in [-0.2, 0) is 6.54 Å². The van der Waals surface area contributed by atoms with Crippen LogP contribution in [0, 0.1) is 12.3 Å². The number of piperidine rings is 1. The van der Waals surface area contributed by atoms with Crippen LogP contribution < -0.4 is 0 Å². The van der Waals surface area contributed by atoms with Crippen LogP contribution >= 0.6 is 0 Å². The Morgan fingerprint density at radius 2 is 2.20 bits per heavy atom. The van der Waals surface area contributed by atoms with E-state index < -0.39 is 11.6 Å². The van der Waals surface area contributed by atoms with Crippen LogP contribution in [0.4, 0.5) is 4.39 Å². The van der Waals surface area contributed by atoms with Gasteiger partial charge in [0.25, 0.3) is 5.91 Å². The Labute approximate surface area is 146 Å². The quantitative estimate of drug-likeness (QED) is 0.856. The lowest BCUT2D eigenvalue weighted by Crippen LogP contribution is -2.51. The van der Waals surface area contributed by atoms with Crippen LogP contribution in [0.1, 0.15) is 34.9 Å². The third-order valence-corrected chi connectivity index (χ3v) is 5.48. The van der Waals surface area contributed by atoms with Gasteiger partial charge in [0.05, 0.1) is 12.8 Å². The van der Waals surface area contributed by atoms with E-state index in [1.54, 1.807) is 17.0 Å². The fourth-order valence-corrected chi connectivity index (χ4v) is 4.16. The highest BCUT2D eigenvalue weighted by Gasteiger charge is 2.49. The van der Waals surface area contributed by atoms with Gasteiger partial charge in [-0.15, -0.1) is 0 Å². The molecule has 1 amide bonds. The van der Waals surface area contributed by atoms with Crippen molar-refractivity contribution in [3.8, 4) is 0 Å². The molecule has 2 atom stereocenters. The number of hydrogen-bond donors (Lipinski definition) is 0. The molecule has 0 saturated carbocycles. The SMILES string of the molecule is Cc1ccc(CN2CC[C@H](F)[C@]3(CCN(C(=O)c4ccco4)C3)C2)o1. The van der Waals surface area contributed by atoms with Gasteiger partial charge < -0.3 is 13.7 Å². The van der Waals surface area contributed by atoms with Crippen molar-refractivity contribution in [2.45, 2.75) is 32.5 Å². The van der Waals surface area contributed by atoms with Crippen LogP contribution in [0.3, 0.4) is 0 Å². The summed E-state index contributed by atoms with van der Waals surface area (Å²) in [7, 11) is 0. The second-order valence-electron chi connectivity index (χ2n) is 7.30. The molecule has 2 aromatic heterocycles. The Balaban J connectivity index is 1.45. The first kappa shape index (κ1) is 16.4. The normalized spacial score (nSPS) is 27.3. The topological polar surface area (TPSA) is 49.8 Å². The predicted molar refractivity (Wildman–Crippen MR) is 89.9 cm³/mol. The zero-order chi connectivity index (χ0) is 17.4. The molecule has 0 radical (unpaired) electrons. The van der Waals surface area contributed by atoms with Crippen LogP contribution in [0.2, 0.25) is 0 Å². The lowest BCUT2D eigenvalue weighted by molar-refractivity contribution is 0.00394. The maximum Gasteiger partial charge on any atom is 0.289 e. The van der Waals surface area contributed by atoms with Gasteiger partial charge >= 0.3 is 0 Å². The molecule has 2 aliphatic rings. The molecule has 4 rings (SSSR count). The fraction of sp³-hybridized carbons (Fsp3) is 0.526. The second-order valence-corrected chi connectivity index (χ2v) is 7.30. The Kier molecular flexibility index (Phi) is 4.15. The van der Waals surface area contributed by atoms with E-state index in [0.29, 0.717) is 44.8 Å². The van der Waals surface area contributed by atoms with Crippen molar-refractivity contribution in [2.24, 2.45) is 5.41 Å². The fourth-order valence-electron chi connectivity index (χ4n) is 4.16. The van der Waals surface area contributed by atoms with Gasteiger partial charge in [-0.1, -0.05) is 0 Å². The number of aryl methyl sites for hydroxylation is 1. The summed E-state index contributed by atoms with van der Waals surface area (Å²) in [6.45, 7) is 5.00. The summed E-state index contributed by atoms with van der Waals surface area (Å²) in [5.74, 6) is 1.98. The molecule has 2 aliphatic heterocycles. The molecule has 134 valence electrons. The van der Waals surface area contributed by atoms with Crippen LogP contribution in [0.5, 0.6) is 0 Å². The molecule has 0 N–H and O–H groups in total. The number of rotatable bonds is 3. The minimum Gasteiger partial charge on any atom is -0.465 e. The molecule has 5 nitrogen and oxygen atoms in total. The van der Waals surface area contributed by atoms with Crippen LogP contribution in [0.15, 0.2) is 39.4 Å². The largest absolute Gasteiger partial charge is 0.465 e. The number of alkyl halides is 1. The van der Waals surface area contributed by atoms with Crippen molar-refractivity contribution < 1.29 is 18.0 Å². The summed E-state index contributed by atoms with van der Waals surface area (Å²) >= 11 is 0. The molecule has 0 aromatic carbocycles. The molecule has 0 unspecified atom stereocenters. The van der Waals surface area contributed by atoms with Gasteiger partial charge in [-0.05, 0) is 44.0 Å². The van der Waals surface area contributed by atoms with Crippen molar-refractivity contribution in [1.82, 2.24) is 9.80 Å². The number of furan rings is 2. The molecular weight excluding hydrogens is 323 g/mol. The van der Waals surface area contributed by atoms with E-state index in [9.17, 15) is 9.18 Å². The summed E-state index contributed by atoms with van der Waals surface area (Å²) in [6, 6.07) is 7.29. The zero-order valence-corrected chi connectivity index (χ0v) is 14.4. The standard InChI is InChI=1S/C19H23FN2O3/c1-14-4-5-15(25-14)11-21-8-6-17(20)19(12-21)7-9-22(13-19)18(23)16-3-2-10-24-16/h2-5,10,17H,6-9,11-13H2,1H3/t17-,19+/m0/s1. The minimum atomic E-state index is -0.878. The second kappa shape index (κ2) is 6.33. The molecule has 2 fully saturated rings. The number of amides is 1. The van der Waals surface area contributed by atoms with Gasteiger partial charge in [0.1, 0.15) is 17.7 Å². The summed E-state index contributed by atoms with van der Waals surface area (Å²) in [4.78, 5) is 16.5. The minimum absolute atomic E-state index is 0.146. The van der Waals surface area contributed by atoms with Crippen molar-refractivity contribution >= 4 is 5.91 Å². The zero-order valence-electron chi connectivity index (χ0n) is 14.4. The van der Waals surface area contributed by atoms with Crippen molar-refractivity contribution in [3.63, 3.8) is 0 Å². The molecule has 0 bridgehead atoms. The van der Waals surface area contributed by atoms with Gasteiger partial charge in [-0.25, -0.2) is 4.39 Å². The molecule has 25 heavy (non-hydrogen) atoms. The monoisotopic (exact) mass is 346 g/mol. The van der Waals surface area contributed by atoms with Crippen molar-refractivity contribution in [2.75, 3.05) is 26.2 Å². The van der Waals surface area contributed by atoms with E-state index in [-0.39, 0.29) is 5.91 Å². The highest BCUT2D eigenvalue weighted by Crippen LogP contribution is 2.41. The first-order valence-electron chi connectivity index (χ1n) is 8.80. The molecule has 0 aliphatic carbocycles. The first-order chi connectivity index (χ1) is 12.1. The molecule has 4 heterocycles. The lowest BCUT2D eigenvalue weighted by atomic mass is 9.77. The van der Waals surface area contributed by atoms with Crippen molar-refractivity contribution in [3.05, 3.63) is 47.8 Å². The summed E-state index contributed by atoms with van der Waals surface area (Å²) in [5.41, 5.74) is -0.484. The number of nitrogens with zero attached hydrogens (tertiary/aromatic N) is 2. The Morgan fingerprint density at radius 1 is 1.32 bits per heavy atom. The molecule has 6 heteroatoms. The summed E-state index contributed by atoms with van der Waals surface area (Å²) in [5, 5.41) is 0. The molecule has 2 saturated heterocycles. The number of carbonyl (C=O) groups excluding carboxylic acids is 1. The number of halogens is 1. The van der Waals surface area contributed by atoms with Crippen LogP contribution in [0.25, 0.3) is 0 Å². The highest BCUT2D eigenvalue weighted by molar-refractivity contribution is 5.91. The molecular formula is C19H23FN2O3. The third-order valence-electron chi connectivity index (χ3n) is 5.48. The van der Waals surface area contributed by atoms with Gasteiger partial charge in [0.15, 0.2) is 5.76 Å². The average molecular weight is 346 g/mol. The Bertz CT molecular complexity index is 742. The number of likely N-dealkylation sites (tertiary alicyclic amines) is 2. The number of hydrogen-bond acceptors (Lipinski definition) is 4. The highest BCUT2D eigenvalue weighted by atomic mass is 19.1. The van der Waals surface area contributed by atoms with Crippen LogP contribution in [-0.4, -0.2) is 48.1 Å². The van der Waals surface area contributed by atoms with E-state index in [2.05, 4.69) is 4.90 Å². The third kappa shape index (κ3) is 3.11. The van der Waals surface area contributed by atoms with E-state index in [1.165, 1.54) is 6.26 Å². The molecule has 1 spiro atoms. The smallest absolute Gasteiger partial charge is 0.289 e. The van der Waals surface area contributed by atoms with Gasteiger partial charge in [-0.2, -0.15) is 0 Å². The van der Waals surface area contributed by atoms with Gasteiger partial charge in [-0.3, -0.25) is 9.69 Å². The average Bonchev–Trinajstić information content (AvgIpc) is 3.32. The summed E-state index contributed by atoms with van der Waals surface area (Å²) < 4.78 is 25.7. The Morgan fingerprint density at radius 3 is 2.92 bits per heavy atom.